The van der Waals surface area contributed by atoms with Crippen LogP contribution in [0.1, 0.15) is 5.69 Å². The third kappa shape index (κ3) is 1.83. The smallest absolute Gasteiger partial charge is 0.103 e. The van der Waals surface area contributed by atoms with Crippen LogP contribution in [0.4, 0.5) is 5.69 Å². The minimum atomic E-state index is 1.03. The zero-order valence-electron chi connectivity index (χ0n) is 5.98. The minimum absolute atomic E-state index is 1.03. The van der Waals surface area contributed by atoms with Gasteiger partial charge in [0.1, 0.15) is 3.70 Å². The lowest BCUT2D eigenvalue weighted by atomic mass is 10.3. The topological polar surface area (TPSA) is 24.9 Å². The average Bonchev–Trinajstić information content (AvgIpc) is 1.85. The summed E-state index contributed by atoms with van der Waals surface area (Å²) in [5, 5.41) is 3.06. The van der Waals surface area contributed by atoms with Gasteiger partial charge in [0.2, 0.25) is 0 Å². The molecular weight excluding hydrogens is 239 g/mol. The van der Waals surface area contributed by atoms with Crippen LogP contribution >= 0.6 is 22.6 Å². The summed E-state index contributed by atoms with van der Waals surface area (Å²) in [6.45, 7) is 1.99. The number of aryl methyl sites for hydroxylation is 1. The second-order valence-corrected chi connectivity index (χ2v) is 3.18. The van der Waals surface area contributed by atoms with Gasteiger partial charge in [0.05, 0.1) is 0 Å². The Hall–Kier alpha value is -0.320. The van der Waals surface area contributed by atoms with E-state index in [2.05, 4.69) is 32.9 Å². The maximum absolute atomic E-state index is 4.23. The van der Waals surface area contributed by atoms with E-state index in [0.29, 0.717) is 0 Å². The minimum Gasteiger partial charge on any atom is -0.388 e. The van der Waals surface area contributed by atoms with E-state index in [9.17, 15) is 0 Å². The molecule has 0 unspecified atom stereocenters. The summed E-state index contributed by atoms with van der Waals surface area (Å²) in [7, 11) is 1.91. The zero-order valence-corrected chi connectivity index (χ0v) is 8.14. The SMILES string of the molecule is CNc1cc(C)nc(I)c1. The molecule has 0 radical (unpaired) electrons. The van der Waals surface area contributed by atoms with Crippen LogP contribution < -0.4 is 5.32 Å². The summed E-state index contributed by atoms with van der Waals surface area (Å²) in [5.41, 5.74) is 2.17. The van der Waals surface area contributed by atoms with E-state index in [1.165, 1.54) is 0 Å². The first-order valence-corrected chi connectivity index (χ1v) is 4.12. The van der Waals surface area contributed by atoms with Crippen molar-refractivity contribution in [3.63, 3.8) is 0 Å². The summed E-state index contributed by atoms with van der Waals surface area (Å²) >= 11 is 2.20. The molecule has 0 saturated carbocycles. The van der Waals surface area contributed by atoms with Crippen molar-refractivity contribution in [3.8, 4) is 0 Å². The molecule has 0 aliphatic rings. The van der Waals surface area contributed by atoms with Crippen LogP contribution in [0.25, 0.3) is 0 Å². The zero-order chi connectivity index (χ0) is 7.56. The number of halogens is 1. The van der Waals surface area contributed by atoms with E-state index in [4.69, 9.17) is 0 Å². The second-order valence-electron chi connectivity index (χ2n) is 2.07. The van der Waals surface area contributed by atoms with E-state index < -0.39 is 0 Å². The Balaban J connectivity index is 3.06. The Morgan fingerprint density at radius 3 is 2.70 bits per heavy atom. The van der Waals surface area contributed by atoms with Gasteiger partial charge in [-0.2, -0.15) is 0 Å². The van der Waals surface area contributed by atoms with Crippen LogP contribution in [-0.4, -0.2) is 12.0 Å². The highest BCUT2D eigenvalue weighted by atomic mass is 127. The molecule has 2 nitrogen and oxygen atoms in total. The number of nitrogens with zero attached hydrogens (tertiary/aromatic N) is 1. The largest absolute Gasteiger partial charge is 0.388 e. The van der Waals surface area contributed by atoms with E-state index in [1.807, 2.05) is 26.1 Å². The van der Waals surface area contributed by atoms with E-state index >= 15 is 0 Å². The molecule has 0 aromatic carbocycles. The fourth-order valence-electron chi connectivity index (χ4n) is 0.772. The summed E-state index contributed by atoms with van der Waals surface area (Å²) in [4.78, 5) is 4.23. The standard InChI is InChI=1S/C7H9IN2/c1-5-3-6(9-2)4-7(8)10-5/h3-4H,1-2H3,(H,9,10). The van der Waals surface area contributed by atoms with Crippen LogP contribution in [0.3, 0.4) is 0 Å². The highest BCUT2D eigenvalue weighted by molar-refractivity contribution is 14.1. The van der Waals surface area contributed by atoms with Crippen LogP contribution in [0.15, 0.2) is 12.1 Å². The van der Waals surface area contributed by atoms with Crippen LogP contribution in [0, 0.1) is 10.6 Å². The van der Waals surface area contributed by atoms with Gasteiger partial charge in [-0.3, -0.25) is 0 Å². The third-order valence-electron chi connectivity index (χ3n) is 1.21. The summed E-state index contributed by atoms with van der Waals surface area (Å²) in [5.74, 6) is 0. The van der Waals surface area contributed by atoms with Crippen molar-refractivity contribution >= 4 is 28.3 Å². The lowest BCUT2D eigenvalue weighted by Crippen LogP contribution is -1.92. The second kappa shape index (κ2) is 3.18. The molecule has 3 heteroatoms. The van der Waals surface area contributed by atoms with Gasteiger partial charge in [0, 0.05) is 18.4 Å². The van der Waals surface area contributed by atoms with Crippen LogP contribution in [-0.2, 0) is 0 Å². The van der Waals surface area contributed by atoms with Crippen molar-refractivity contribution in [1.29, 1.82) is 0 Å². The number of hydrogen-bond donors (Lipinski definition) is 1. The Bertz CT molecular complexity index is 215. The molecule has 1 aromatic heterocycles. The lowest BCUT2D eigenvalue weighted by Gasteiger charge is -2.00. The van der Waals surface area contributed by atoms with Crippen molar-refractivity contribution in [1.82, 2.24) is 4.98 Å². The maximum Gasteiger partial charge on any atom is 0.103 e. The number of pyridine rings is 1. The highest BCUT2D eigenvalue weighted by Gasteiger charge is 1.93. The van der Waals surface area contributed by atoms with Crippen molar-refractivity contribution in [2.45, 2.75) is 6.92 Å². The molecule has 1 rings (SSSR count). The average molecular weight is 248 g/mol. The first kappa shape index (κ1) is 7.78. The summed E-state index contributed by atoms with van der Waals surface area (Å²) < 4.78 is 1.03. The Kier molecular flexibility index (Phi) is 2.48. The first-order chi connectivity index (χ1) is 4.72. The summed E-state index contributed by atoms with van der Waals surface area (Å²) in [6, 6.07) is 4.02. The van der Waals surface area contributed by atoms with Crippen molar-refractivity contribution in [2.24, 2.45) is 0 Å². The molecule has 1 heterocycles. The van der Waals surface area contributed by atoms with Gasteiger partial charge in [-0.15, -0.1) is 0 Å². The predicted molar refractivity (Wildman–Crippen MR) is 51.2 cm³/mol. The molecule has 10 heavy (non-hydrogen) atoms. The highest BCUT2D eigenvalue weighted by Crippen LogP contribution is 2.11. The summed E-state index contributed by atoms with van der Waals surface area (Å²) in [6.07, 6.45) is 0. The molecule has 0 aliphatic heterocycles. The van der Waals surface area contributed by atoms with Crippen molar-refractivity contribution in [3.05, 3.63) is 21.5 Å². The monoisotopic (exact) mass is 248 g/mol. The van der Waals surface area contributed by atoms with Gasteiger partial charge >= 0.3 is 0 Å². The molecule has 0 spiro atoms. The van der Waals surface area contributed by atoms with Gasteiger partial charge in [-0.25, -0.2) is 4.98 Å². The lowest BCUT2D eigenvalue weighted by molar-refractivity contribution is 1.16. The fraction of sp³-hybridized carbons (Fsp3) is 0.286. The molecule has 0 saturated heterocycles. The van der Waals surface area contributed by atoms with Crippen LogP contribution in [0.2, 0.25) is 0 Å². The number of anilines is 1. The molecule has 0 atom stereocenters. The molecule has 0 amide bonds. The Labute approximate surface area is 74.2 Å². The van der Waals surface area contributed by atoms with Gasteiger partial charge in [-0.05, 0) is 41.6 Å². The first-order valence-electron chi connectivity index (χ1n) is 3.04. The maximum atomic E-state index is 4.23. The number of hydrogen-bond acceptors (Lipinski definition) is 2. The number of aromatic nitrogens is 1. The molecule has 54 valence electrons. The number of rotatable bonds is 1. The molecular formula is C7H9IN2. The molecule has 0 fully saturated rings. The fourth-order valence-corrected chi connectivity index (χ4v) is 1.49. The van der Waals surface area contributed by atoms with Gasteiger partial charge in [0.25, 0.3) is 0 Å². The van der Waals surface area contributed by atoms with Crippen molar-refractivity contribution in [2.75, 3.05) is 12.4 Å². The van der Waals surface area contributed by atoms with E-state index in [0.717, 1.165) is 15.1 Å². The van der Waals surface area contributed by atoms with Gasteiger partial charge < -0.3 is 5.32 Å². The Morgan fingerprint density at radius 1 is 1.50 bits per heavy atom. The van der Waals surface area contributed by atoms with Crippen LogP contribution in [0.5, 0.6) is 0 Å². The third-order valence-corrected chi connectivity index (χ3v) is 1.76. The van der Waals surface area contributed by atoms with Gasteiger partial charge in [0.15, 0.2) is 0 Å². The van der Waals surface area contributed by atoms with Crippen molar-refractivity contribution < 1.29 is 0 Å². The molecule has 1 N–H and O–H groups in total. The predicted octanol–water partition coefficient (Wildman–Crippen LogP) is 2.04. The Morgan fingerprint density at radius 2 is 2.20 bits per heavy atom. The van der Waals surface area contributed by atoms with E-state index in [-0.39, 0.29) is 0 Å². The van der Waals surface area contributed by atoms with E-state index in [1.54, 1.807) is 0 Å². The molecule has 0 bridgehead atoms. The normalized spacial score (nSPS) is 9.50. The molecule has 0 aliphatic carbocycles. The quantitative estimate of drug-likeness (QED) is 0.607. The molecule has 1 aromatic rings. The van der Waals surface area contributed by atoms with Gasteiger partial charge in [-0.1, -0.05) is 0 Å². The number of nitrogens with one attached hydrogen (secondary N) is 1.